The third-order valence-corrected chi connectivity index (χ3v) is 6.23. The number of alkyl halides is 3. The first-order valence-corrected chi connectivity index (χ1v) is 10.1. The van der Waals surface area contributed by atoms with Gasteiger partial charge in [0.25, 0.3) is 5.91 Å². The van der Waals surface area contributed by atoms with Crippen LogP contribution in [0.2, 0.25) is 0 Å². The number of carbonyl (C=O) groups is 1. The fraction of sp³-hybridized carbons (Fsp3) is 0.318. The molecule has 2 aliphatic rings. The van der Waals surface area contributed by atoms with Gasteiger partial charge >= 0.3 is 6.18 Å². The second kappa shape index (κ2) is 7.26. The van der Waals surface area contributed by atoms with Crippen LogP contribution in [0.3, 0.4) is 0 Å². The van der Waals surface area contributed by atoms with Crippen LogP contribution in [-0.2, 0) is 6.18 Å². The Balaban J connectivity index is 1.31. The van der Waals surface area contributed by atoms with Gasteiger partial charge in [0.05, 0.1) is 23.5 Å². The Kier molecular flexibility index (Phi) is 4.69. The van der Waals surface area contributed by atoms with Crippen molar-refractivity contribution in [2.24, 2.45) is 5.41 Å². The third kappa shape index (κ3) is 3.70. The molecule has 2 fully saturated rings. The first-order chi connectivity index (χ1) is 15.5. The standard InChI is InChI=1S/C22H17F5N4O2/c23-13-3-12(8-28-9-13)18-5-19(22(25,26)27)31(29-18)14-6-21(7-14)10-30(11-21)20(33)16-4-15(32)1-2-17(16)24/h1-5,8-9,14,32H,6-7,10-11H2. The minimum absolute atomic E-state index is 0.0277. The van der Waals surface area contributed by atoms with Gasteiger partial charge in [0.1, 0.15) is 23.1 Å². The molecule has 1 aliphatic heterocycles. The number of benzene rings is 1. The van der Waals surface area contributed by atoms with Gasteiger partial charge in [0.2, 0.25) is 0 Å². The number of amides is 1. The van der Waals surface area contributed by atoms with E-state index in [1.54, 1.807) is 0 Å². The van der Waals surface area contributed by atoms with E-state index in [2.05, 4.69) is 10.1 Å². The lowest BCUT2D eigenvalue weighted by Gasteiger charge is -2.59. The number of rotatable bonds is 3. The van der Waals surface area contributed by atoms with Gasteiger partial charge in [-0.25, -0.2) is 8.78 Å². The van der Waals surface area contributed by atoms with Gasteiger partial charge in [-0.2, -0.15) is 18.3 Å². The fourth-order valence-corrected chi connectivity index (χ4v) is 4.70. The van der Waals surface area contributed by atoms with Crippen molar-refractivity contribution in [1.29, 1.82) is 0 Å². The number of phenols is 1. The topological polar surface area (TPSA) is 71.2 Å². The highest BCUT2D eigenvalue weighted by Crippen LogP contribution is 2.55. The number of carbonyl (C=O) groups excluding carboxylic acids is 1. The van der Waals surface area contributed by atoms with Crippen LogP contribution in [0.15, 0.2) is 42.7 Å². The Morgan fingerprint density at radius 3 is 2.48 bits per heavy atom. The zero-order valence-electron chi connectivity index (χ0n) is 17.0. The summed E-state index contributed by atoms with van der Waals surface area (Å²) in [6.07, 6.45) is -1.72. The number of phenolic OH excluding ortho intramolecular Hbond substituents is 1. The van der Waals surface area contributed by atoms with E-state index in [0.717, 1.165) is 41.2 Å². The van der Waals surface area contributed by atoms with Crippen molar-refractivity contribution < 1.29 is 31.9 Å². The van der Waals surface area contributed by atoms with Crippen molar-refractivity contribution >= 4 is 5.91 Å². The average molecular weight is 464 g/mol. The first-order valence-electron chi connectivity index (χ1n) is 10.1. The van der Waals surface area contributed by atoms with Crippen molar-refractivity contribution in [1.82, 2.24) is 19.7 Å². The largest absolute Gasteiger partial charge is 0.508 e. The quantitative estimate of drug-likeness (QED) is 0.583. The van der Waals surface area contributed by atoms with Gasteiger partial charge in [0, 0.05) is 30.3 Å². The van der Waals surface area contributed by atoms with E-state index >= 15 is 0 Å². The molecule has 0 unspecified atom stereocenters. The van der Waals surface area contributed by atoms with Gasteiger partial charge in [-0.3, -0.25) is 14.5 Å². The van der Waals surface area contributed by atoms with Crippen LogP contribution in [0.1, 0.15) is 34.9 Å². The predicted octanol–water partition coefficient (Wildman–Crippen LogP) is 4.43. The maximum absolute atomic E-state index is 13.9. The number of hydrogen-bond acceptors (Lipinski definition) is 4. The van der Waals surface area contributed by atoms with Gasteiger partial charge in [0.15, 0.2) is 0 Å². The summed E-state index contributed by atoms with van der Waals surface area (Å²) >= 11 is 0. The van der Waals surface area contributed by atoms with E-state index < -0.39 is 35.5 Å². The average Bonchev–Trinajstić information content (AvgIpc) is 3.13. The molecule has 11 heteroatoms. The molecule has 1 amide bonds. The first kappa shape index (κ1) is 21.4. The van der Waals surface area contributed by atoms with Crippen LogP contribution in [-0.4, -0.2) is 43.8 Å². The number of aromatic hydroxyl groups is 1. The molecule has 2 aromatic heterocycles. The number of pyridine rings is 1. The lowest BCUT2D eigenvalue weighted by atomic mass is 9.60. The van der Waals surface area contributed by atoms with Crippen LogP contribution in [0.4, 0.5) is 22.0 Å². The van der Waals surface area contributed by atoms with E-state index in [9.17, 15) is 31.9 Å². The Bertz CT molecular complexity index is 1240. The highest BCUT2D eigenvalue weighted by atomic mass is 19.4. The predicted molar refractivity (Wildman–Crippen MR) is 105 cm³/mol. The third-order valence-electron chi connectivity index (χ3n) is 6.23. The molecule has 1 N–H and O–H groups in total. The van der Waals surface area contributed by atoms with Gasteiger partial charge in [-0.15, -0.1) is 0 Å². The Hall–Kier alpha value is -3.50. The van der Waals surface area contributed by atoms with E-state index in [1.807, 2.05) is 0 Å². The van der Waals surface area contributed by atoms with Crippen molar-refractivity contribution in [3.05, 3.63) is 65.6 Å². The van der Waals surface area contributed by atoms with E-state index in [1.165, 1.54) is 11.1 Å². The van der Waals surface area contributed by atoms with Crippen molar-refractivity contribution in [2.45, 2.75) is 25.1 Å². The summed E-state index contributed by atoms with van der Waals surface area (Å²) in [5, 5.41) is 13.6. The highest BCUT2D eigenvalue weighted by Gasteiger charge is 2.56. The van der Waals surface area contributed by atoms with E-state index in [0.29, 0.717) is 12.8 Å². The van der Waals surface area contributed by atoms with Crippen LogP contribution in [0.25, 0.3) is 11.3 Å². The summed E-state index contributed by atoms with van der Waals surface area (Å²) in [6.45, 7) is 0.557. The van der Waals surface area contributed by atoms with Crippen molar-refractivity contribution in [3.63, 3.8) is 0 Å². The molecular weight excluding hydrogens is 447 g/mol. The van der Waals surface area contributed by atoms with Gasteiger partial charge < -0.3 is 10.0 Å². The summed E-state index contributed by atoms with van der Waals surface area (Å²) in [6, 6.07) is 4.59. The minimum Gasteiger partial charge on any atom is -0.508 e. The molecule has 1 aliphatic carbocycles. The Morgan fingerprint density at radius 2 is 1.82 bits per heavy atom. The summed E-state index contributed by atoms with van der Waals surface area (Å²) in [5.41, 5.74) is -1.43. The summed E-state index contributed by atoms with van der Waals surface area (Å²) in [5.74, 6) is -2.24. The van der Waals surface area contributed by atoms with Crippen molar-refractivity contribution in [2.75, 3.05) is 13.1 Å². The molecule has 3 heterocycles. The molecule has 1 saturated heterocycles. The number of hydrogen-bond donors (Lipinski definition) is 1. The molecule has 1 aromatic carbocycles. The summed E-state index contributed by atoms with van der Waals surface area (Å²) in [7, 11) is 0. The lowest BCUT2D eigenvalue weighted by molar-refractivity contribution is -0.149. The Morgan fingerprint density at radius 1 is 1.09 bits per heavy atom. The minimum atomic E-state index is -4.65. The summed E-state index contributed by atoms with van der Waals surface area (Å²) in [4.78, 5) is 17.6. The van der Waals surface area contributed by atoms with Crippen LogP contribution < -0.4 is 0 Å². The highest BCUT2D eigenvalue weighted by molar-refractivity contribution is 5.95. The smallest absolute Gasteiger partial charge is 0.433 e. The van der Waals surface area contributed by atoms with E-state index in [-0.39, 0.29) is 41.1 Å². The normalized spacial score (nSPS) is 17.7. The zero-order valence-corrected chi connectivity index (χ0v) is 17.0. The monoisotopic (exact) mass is 464 g/mol. The number of aromatic nitrogens is 3. The molecule has 1 spiro atoms. The molecule has 172 valence electrons. The molecule has 1 saturated carbocycles. The molecule has 6 nitrogen and oxygen atoms in total. The van der Waals surface area contributed by atoms with Crippen LogP contribution in [0.5, 0.6) is 5.75 Å². The molecule has 0 atom stereocenters. The maximum Gasteiger partial charge on any atom is 0.433 e. The van der Waals surface area contributed by atoms with Gasteiger partial charge in [-0.05, 0) is 43.2 Å². The lowest BCUT2D eigenvalue weighted by Crippen LogP contribution is -2.64. The second-order valence-corrected chi connectivity index (χ2v) is 8.64. The Labute approximate surface area is 184 Å². The van der Waals surface area contributed by atoms with Crippen molar-refractivity contribution in [3.8, 4) is 17.0 Å². The van der Waals surface area contributed by atoms with E-state index in [4.69, 9.17) is 0 Å². The number of nitrogens with zero attached hydrogens (tertiary/aromatic N) is 4. The number of likely N-dealkylation sites (tertiary alicyclic amines) is 1. The fourth-order valence-electron chi connectivity index (χ4n) is 4.70. The number of halogens is 5. The zero-order chi connectivity index (χ0) is 23.5. The molecular formula is C22H17F5N4O2. The molecule has 33 heavy (non-hydrogen) atoms. The maximum atomic E-state index is 13.9. The second-order valence-electron chi connectivity index (χ2n) is 8.64. The molecule has 0 radical (unpaired) electrons. The summed E-state index contributed by atoms with van der Waals surface area (Å²) < 4.78 is 69.2. The molecule has 3 aromatic rings. The van der Waals surface area contributed by atoms with Gasteiger partial charge in [-0.1, -0.05) is 0 Å². The SMILES string of the molecule is O=C(c1cc(O)ccc1F)N1CC2(CC(n3nc(-c4cncc(F)c4)cc3C(F)(F)F)C2)C1. The molecule has 0 bridgehead atoms. The van der Waals surface area contributed by atoms with Crippen LogP contribution in [0, 0.1) is 17.0 Å². The molecule has 5 rings (SSSR count). The van der Waals surface area contributed by atoms with Crippen LogP contribution >= 0.6 is 0 Å².